The van der Waals surface area contributed by atoms with Crippen molar-refractivity contribution in [3.63, 3.8) is 0 Å². The van der Waals surface area contributed by atoms with E-state index in [1.807, 2.05) is 0 Å². The fraction of sp³-hybridized carbons (Fsp3) is 0.619. The molecule has 0 aliphatic carbocycles. The van der Waals surface area contributed by atoms with E-state index in [0.717, 1.165) is 44.2 Å². The van der Waals surface area contributed by atoms with E-state index in [2.05, 4.69) is 6.92 Å². The molecule has 0 bridgehead atoms. The zero-order valence-electron chi connectivity index (χ0n) is 16.6. The largest absolute Gasteiger partial charge is 0.465 e. The SMILES string of the molecule is CCCCCCCOC(=O)C1CCN(C(=O)c2ccc(F)cc2C(F)(F)F)CC1. The molecule has 4 nitrogen and oxygen atoms in total. The monoisotopic (exact) mass is 417 g/mol. The number of ether oxygens (including phenoxy) is 1. The molecule has 2 rings (SSSR count). The molecular weight excluding hydrogens is 390 g/mol. The van der Waals surface area contributed by atoms with Crippen molar-refractivity contribution in [2.75, 3.05) is 19.7 Å². The molecular formula is C21H27F4NO3. The lowest BCUT2D eigenvalue weighted by atomic mass is 9.96. The Hall–Kier alpha value is -2.12. The average Bonchev–Trinajstić information content (AvgIpc) is 2.69. The molecule has 1 aliphatic rings. The molecule has 1 saturated heterocycles. The van der Waals surface area contributed by atoms with Gasteiger partial charge in [-0.25, -0.2) is 4.39 Å². The summed E-state index contributed by atoms with van der Waals surface area (Å²) in [5.41, 5.74) is -1.86. The van der Waals surface area contributed by atoms with E-state index in [1.54, 1.807) is 0 Å². The van der Waals surface area contributed by atoms with Gasteiger partial charge in [0.05, 0.1) is 23.7 Å². The van der Waals surface area contributed by atoms with E-state index in [1.165, 1.54) is 4.90 Å². The maximum atomic E-state index is 13.2. The van der Waals surface area contributed by atoms with E-state index in [9.17, 15) is 27.2 Å². The third-order valence-corrected chi connectivity index (χ3v) is 5.13. The fourth-order valence-corrected chi connectivity index (χ4v) is 3.42. The summed E-state index contributed by atoms with van der Waals surface area (Å²) in [7, 11) is 0. The second kappa shape index (κ2) is 10.6. The van der Waals surface area contributed by atoms with E-state index in [4.69, 9.17) is 4.74 Å². The number of nitrogens with zero attached hydrogens (tertiary/aromatic N) is 1. The van der Waals surface area contributed by atoms with Crippen LogP contribution in [0, 0.1) is 11.7 Å². The van der Waals surface area contributed by atoms with Gasteiger partial charge < -0.3 is 9.64 Å². The van der Waals surface area contributed by atoms with Gasteiger partial charge in [-0.2, -0.15) is 13.2 Å². The lowest BCUT2D eigenvalue weighted by Gasteiger charge is -2.31. The van der Waals surface area contributed by atoms with E-state index < -0.39 is 29.0 Å². The van der Waals surface area contributed by atoms with Crippen molar-refractivity contribution in [1.29, 1.82) is 0 Å². The maximum absolute atomic E-state index is 13.2. The zero-order valence-corrected chi connectivity index (χ0v) is 16.6. The van der Waals surface area contributed by atoms with Crippen LogP contribution in [0.1, 0.15) is 67.8 Å². The molecule has 0 atom stereocenters. The first kappa shape index (κ1) is 23.2. The lowest BCUT2D eigenvalue weighted by molar-refractivity contribution is -0.150. The number of alkyl halides is 3. The highest BCUT2D eigenvalue weighted by Gasteiger charge is 2.37. The summed E-state index contributed by atoms with van der Waals surface area (Å²) < 4.78 is 57.9. The molecule has 8 heteroatoms. The van der Waals surface area contributed by atoms with Crippen LogP contribution in [-0.2, 0) is 15.7 Å². The van der Waals surface area contributed by atoms with E-state index >= 15 is 0 Å². The number of rotatable bonds is 8. The molecule has 1 aliphatic heterocycles. The highest BCUT2D eigenvalue weighted by atomic mass is 19.4. The third-order valence-electron chi connectivity index (χ3n) is 5.13. The maximum Gasteiger partial charge on any atom is 0.417 e. The van der Waals surface area contributed by atoms with Crippen LogP contribution in [0.3, 0.4) is 0 Å². The topological polar surface area (TPSA) is 46.6 Å². The van der Waals surface area contributed by atoms with Crippen LogP contribution >= 0.6 is 0 Å². The van der Waals surface area contributed by atoms with Crippen molar-refractivity contribution < 1.29 is 31.9 Å². The lowest BCUT2D eigenvalue weighted by Crippen LogP contribution is -2.41. The van der Waals surface area contributed by atoms with Gasteiger partial charge in [-0.1, -0.05) is 32.6 Å². The van der Waals surface area contributed by atoms with Crippen molar-refractivity contribution >= 4 is 11.9 Å². The number of piperidine rings is 1. The van der Waals surface area contributed by atoms with Crippen molar-refractivity contribution in [3.05, 3.63) is 35.1 Å². The Labute approximate surface area is 168 Å². The van der Waals surface area contributed by atoms with Gasteiger partial charge in [-0.05, 0) is 37.5 Å². The molecule has 1 aromatic carbocycles. The summed E-state index contributed by atoms with van der Waals surface area (Å²) in [6.07, 6.45) is 1.07. The van der Waals surface area contributed by atoms with Crippen LogP contribution in [0.2, 0.25) is 0 Å². The van der Waals surface area contributed by atoms with Crippen LogP contribution in [0.5, 0.6) is 0 Å². The second-order valence-electron chi connectivity index (χ2n) is 7.34. The highest BCUT2D eigenvalue weighted by Crippen LogP contribution is 2.33. The Balaban J connectivity index is 1.86. The average molecular weight is 417 g/mol. The van der Waals surface area contributed by atoms with Crippen molar-refractivity contribution in [2.45, 2.75) is 58.0 Å². The number of hydrogen-bond acceptors (Lipinski definition) is 3. The first-order valence-corrected chi connectivity index (χ1v) is 10.1. The Morgan fingerprint density at radius 2 is 1.76 bits per heavy atom. The molecule has 0 saturated carbocycles. The summed E-state index contributed by atoms with van der Waals surface area (Å²) in [4.78, 5) is 26.0. The summed E-state index contributed by atoms with van der Waals surface area (Å²) in [6.45, 7) is 2.80. The van der Waals surface area contributed by atoms with Gasteiger partial charge in [0.25, 0.3) is 5.91 Å². The molecule has 29 heavy (non-hydrogen) atoms. The minimum absolute atomic E-state index is 0.157. The van der Waals surface area contributed by atoms with Crippen LogP contribution in [0.15, 0.2) is 18.2 Å². The van der Waals surface area contributed by atoms with Crippen LogP contribution in [0.4, 0.5) is 17.6 Å². The minimum atomic E-state index is -4.83. The van der Waals surface area contributed by atoms with Crippen molar-refractivity contribution in [1.82, 2.24) is 4.90 Å². The number of unbranched alkanes of at least 4 members (excludes halogenated alkanes) is 4. The fourth-order valence-electron chi connectivity index (χ4n) is 3.42. The number of benzene rings is 1. The van der Waals surface area contributed by atoms with Crippen LogP contribution in [-0.4, -0.2) is 36.5 Å². The Bertz CT molecular complexity index is 698. The summed E-state index contributed by atoms with van der Waals surface area (Å²) in [5, 5.41) is 0. The van der Waals surface area contributed by atoms with Gasteiger partial charge in [0.15, 0.2) is 0 Å². The van der Waals surface area contributed by atoms with Gasteiger partial charge >= 0.3 is 12.1 Å². The molecule has 0 aromatic heterocycles. The normalized spacial score (nSPS) is 15.4. The van der Waals surface area contributed by atoms with E-state index in [-0.39, 0.29) is 25.0 Å². The summed E-state index contributed by atoms with van der Waals surface area (Å²) >= 11 is 0. The molecule has 0 radical (unpaired) electrons. The standard InChI is InChI=1S/C21H27F4NO3/c1-2-3-4-5-6-13-29-20(28)15-9-11-26(12-10-15)19(27)17-8-7-16(22)14-18(17)21(23,24)25/h7-8,14-15H,2-6,9-13H2,1H3. The van der Waals surface area contributed by atoms with Gasteiger partial charge in [-0.15, -0.1) is 0 Å². The molecule has 0 spiro atoms. The third kappa shape index (κ3) is 6.72. The Kier molecular flexibility index (Phi) is 8.46. The first-order chi connectivity index (χ1) is 13.7. The Morgan fingerprint density at radius 1 is 1.10 bits per heavy atom. The molecule has 1 amide bonds. The molecule has 162 valence electrons. The number of amides is 1. The van der Waals surface area contributed by atoms with Gasteiger partial charge in [0.2, 0.25) is 0 Å². The molecule has 0 unspecified atom stereocenters. The number of halogens is 4. The van der Waals surface area contributed by atoms with Crippen LogP contribution < -0.4 is 0 Å². The molecule has 1 heterocycles. The predicted molar refractivity (Wildman–Crippen MR) is 99.7 cm³/mol. The van der Waals surface area contributed by atoms with Gasteiger partial charge in [0, 0.05) is 13.1 Å². The number of hydrogen-bond donors (Lipinski definition) is 0. The predicted octanol–water partition coefficient (Wildman–Crippen LogP) is 5.21. The zero-order chi connectivity index (χ0) is 21.4. The van der Waals surface area contributed by atoms with Gasteiger partial charge in [0.1, 0.15) is 5.82 Å². The smallest absolute Gasteiger partial charge is 0.417 e. The Morgan fingerprint density at radius 3 is 2.38 bits per heavy atom. The number of carbonyl (C=O) groups is 2. The van der Waals surface area contributed by atoms with Crippen molar-refractivity contribution in [2.24, 2.45) is 5.92 Å². The summed E-state index contributed by atoms with van der Waals surface area (Å²) in [5.74, 6) is -2.53. The van der Waals surface area contributed by atoms with Crippen molar-refractivity contribution in [3.8, 4) is 0 Å². The highest BCUT2D eigenvalue weighted by molar-refractivity contribution is 5.96. The molecule has 1 aromatic rings. The number of likely N-dealkylation sites (tertiary alicyclic amines) is 1. The number of carbonyl (C=O) groups excluding carboxylic acids is 2. The number of esters is 1. The summed E-state index contributed by atoms with van der Waals surface area (Å²) in [6, 6.07) is 2.03. The van der Waals surface area contributed by atoms with Gasteiger partial charge in [-0.3, -0.25) is 9.59 Å². The molecule has 0 N–H and O–H groups in total. The second-order valence-corrected chi connectivity index (χ2v) is 7.34. The van der Waals surface area contributed by atoms with E-state index in [0.29, 0.717) is 25.5 Å². The first-order valence-electron chi connectivity index (χ1n) is 10.1. The minimum Gasteiger partial charge on any atom is -0.465 e. The van der Waals surface area contributed by atoms with Crippen LogP contribution in [0.25, 0.3) is 0 Å². The molecule has 1 fully saturated rings. The quantitative estimate of drug-likeness (QED) is 0.331.